The first-order chi connectivity index (χ1) is 13.0. The van der Waals surface area contributed by atoms with Crippen LogP contribution >= 0.6 is 0 Å². The Morgan fingerprint density at radius 1 is 1.04 bits per heavy atom. The lowest BCUT2D eigenvalue weighted by Crippen LogP contribution is -2.25. The smallest absolute Gasteiger partial charge is 0.251 e. The number of hydrogen-bond donors (Lipinski definition) is 2. The lowest BCUT2D eigenvalue weighted by molar-refractivity contribution is 0.0950. The maximum Gasteiger partial charge on any atom is 0.251 e. The van der Waals surface area contributed by atoms with E-state index in [1.807, 2.05) is 30.3 Å². The summed E-state index contributed by atoms with van der Waals surface area (Å²) >= 11 is 0. The van der Waals surface area contributed by atoms with E-state index in [4.69, 9.17) is 0 Å². The van der Waals surface area contributed by atoms with Crippen LogP contribution in [0.5, 0.6) is 5.75 Å². The molecule has 0 saturated heterocycles. The largest absolute Gasteiger partial charge is 0.503 e. The second-order valence-corrected chi connectivity index (χ2v) is 6.00. The standard InChI is InChI=1S/C22H18N2O3/c1-24-15-21(26)20(25)13-19(24)14-23-22(27)18-11-9-17(10-12-18)8-7-16-5-3-2-4-6-16/h2-6,9-13,15,26H,14H2,1H3,(H,23,27). The highest BCUT2D eigenvalue weighted by Gasteiger charge is 2.07. The highest BCUT2D eigenvalue weighted by atomic mass is 16.3. The van der Waals surface area contributed by atoms with Gasteiger partial charge in [0.25, 0.3) is 5.91 Å². The molecule has 0 bridgehead atoms. The number of carbonyl (C=O) groups is 1. The minimum atomic E-state index is -0.473. The molecule has 0 aliphatic rings. The lowest BCUT2D eigenvalue weighted by atomic mass is 10.1. The lowest BCUT2D eigenvalue weighted by Gasteiger charge is -2.10. The summed E-state index contributed by atoms with van der Waals surface area (Å²) in [5, 5.41) is 12.2. The van der Waals surface area contributed by atoms with Gasteiger partial charge in [-0.3, -0.25) is 9.59 Å². The molecule has 27 heavy (non-hydrogen) atoms. The van der Waals surface area contributed by atoms with Crippen molar-refractivity contribution in [2.24, 2.45) is 7.05 Å². The van der Waals surface area contributed by atoms with Crippen LogP contribution in [0.2, 0.25) is 0 Å². The summed E-state index contributed by atoms with van der Waals surface area (Å²) in [4.78, 5) is 23.8. The fourth-order valence-electron chi connectivity index (χ4n) is 2.48. The molecule has 0 saturated carbocycles. The molecule has 2 aromatic carbocycles. The number of benzene rings is 2. The van der Waals surface area contributed by atoms with Gasteiger partial charge in [0.05, 0.1) is 6.54 Å². The van der Waals surface area contributed by atoms with E-state index in [9.17, 15) is 14.7 Å². The maximum absolute atomic E-state index is 12.3. The summed E-state index contributed by atoms with van der Waals surface area (Å²) < 4.78 is 1.60. The van der Waals surface area contributed by atoms with Gasteiger partial charge in [0.1, 0.15) is 0 Å². The Morgan fingerprint density at radius 3 is 2.33 bits per heavy atom. The summed E-state index contributed by atoms with van der Waals surface area (Å²) in [6, 6.07) is 18.0. The molecule has 0 spiro atoms. The molecule has 0 unspecified atom stereocenters. The average Bonchev–Trinajstić information content (AvgIpc) is 2.69. The number of hydrogen-bond acceptors (Lipinski definition) is 3. The fraction of sp³-hybridized carbons (Fsp3) is 0.0909. The van der Waals surface area contributed by atoms with Crippen molar-refractivity contribution in [2.45, 2.75) is 6.54 Å². The van der Waals surface area contributed by atoms with Gasteiger partial charge in [-0.15, -0.1) is 0 Å². The minimum absolute atomic E-state index is 0.181. The zero-order valence-electron chi connectivity index (χ0n) is 14.8. The van der Waals surface area contributed by atoms with Crippen molar-refractivity contribution in [3.05, 3.63) is 99.5 Å². The predicted molar refractivity (Wildman–Crippen MR) is 103 cm³/mol. The Bertz CT molecular complexity index is 1070. The predicted octanol–water partition coefficient (Wildman–Crippen LogP) is 2.42. The molecule has 0 radical (unpaired) electrons. The molecule has 1 amide bonds. The second-order valence-electron chi connectivity index (χ2n) is 6.00. The highest BCUT2D eigenvalue weighted by Crippen LogP contribution is 2.06. The molecule has 5 heteroatoms. The van der Waals surface area contributed by atoms with Gasteiger partial charge in [-0.05, 0) is 36.4 Å². The number of aryl methyl sites for hydroxylation is 1. The first kappa shape index (κ1) is 18.0. The van der Waals surface area contributed by atoms with Gasteiger partial charge < -0.3 is 15.0 Å². The average molecular weight is 358 g/mol. The molecule has 5 nitrogen and oxygen atoms in total. The third-order valence-corrected chi connectivity index (χ3v) is 4.02. The fourth-order valence-corrected chi connectivity index (χ4v) is 2.48. The molecular formula is C22H18N2O3. The molecule has 2 N–H and O–H groups in total. The van der Waals surface area contributed by atoms with Crippen LogP contribution in [0.4, 0.5) is 0 Å². The number of pyridine rings is 1. The number of rotatable bonds is 3. The number of nitrogens with one attached hydrogen (secondary N) is 1. The molecule has 1 aromatic heterocycles. The van der Waals surface area contributed by atoms with Crippen molar-refractivity contribution in [1.29, 1.82) is 0 Å². The van der Waals surface area contributed by atoms with Crippen molar-refractivity contribution < 1.29 is 9.90 Å². The van der Waals surface area contributed by atoms with Crippen LogP contribution in [0, 0.1) is 11.8 Å². The Morgan fingerprint density at radius 2 is 1.67 bits per heavy atom. The minimum Gasteiger partial charge on any atom is -0.503 e. The molecule has 134 valence electrons. The number of carbonyl (C=O) groups excluding carboxylic acids is 1. The summed E-state index contributed by atoms with van der Waals surface area (Å²) in [7, 11) is 1.70. The third kappa shape index (κ3) is 4.65. The van der Waals surface area contributed by atoms with Crippen LogP contribution < -0.4 is 10.7 Å². The van der Waals surface area contributed by atoms with Crippen LogP contribution in [0.3, 0.4) is 0 Å². The van der Waals surface area contributed by atoms with Crippen molar-refractivity contribution in [3.8, 4) is 17.6 Å². The van der Waals surface area contributed by atoms with E-state index in [0.717, 1.165) is 11.1 Å². The molecule has 0 aliphatic heterocycles. The molecule has 0 aliphatic carbocycles. The highest BCUT2D eigenvalue weighted by molar-refractivity contribution is 5.94. The molecule has 0 fully saturated rings. The summed E-state index contributed by atoms with van der Waals surface area (Å²) in [5.41, 5.74) is 2.37. The zero-order chi connectivity index (χ0) is 19.2. The van der Waals surface area contributed by atoms with Crippen LogP contribution in [0.25, 0.3) is 0 Å². The first-order valence-electron chi connectivity index (χ1n) is 8.37. The van der Waals surface area contributed by atoms with E-state index in [0.29, 0.717) is 11.3 Å². The third-order valence-electron chi connectivity index (χ3n) is 4.02. The van der Waals surface area contributed by atoms with Gasteiger partial charge in [-0.2, -0.15) is 0 Å². The topological polar surface area (TPSA) is 71.3 Å². The molecular weight excluding hydrogens is 340 g/mol. The van der Waals surface area contributed by atoms with Crippen LogP contribution in [0.15, 0.2) is 71.7 Å². The van der Waals surface area contributed by atoms with Gasteiger partial charge in [0.2, 0.25) is 5.43 Å². The Kier molecular flexibility index (Phi) is 5.38. The van der Waals surface area contributed by atoms with E-state index in [2.05, 4.69) is 17.2 Å². The monoisotopic (exact) mass is 358 g/mol. The van der Waals surface area contributed by atoms with E-state index in [1.54, 1.807) is 35.9 Å². The van der Waals surface area contributed by atoms with E-state index < -0.39 is 5.43 Å². The van der Waals surface area contributed by atoms with Crippen molar-refractivity contribution in [2.75, 3.05) is 0 Å². The number of amides is 1. The maximum atomic E-state index is 12.3. The molecule has 1 heterocycles. The second kappa shape index (κ2) is 8.07. The first-order valence-corrected chi connectivity index (χ1v) is 8.37. The number of aromatic nitrogens is 1. The van der Waals surface area contributed by atoms with Gasteiger partial charge in [0, 0.05) is 41.7 Å². The molecule has 3 aromatic rings. The summed E-state index contributed by atoms with van der Waals surface area (Å²) in [6.45, 7) is 0.181. The van der Waals surface area contributed by atoms with E-state index in [-0.39, 0.29) is 18.2 Å². The van der Waals surface area contributed by atoms with Crippen molar-refractivity contribution >= 4 is 5.91 Å². The van der Waals surface area contributed by atoms with E-state index >= 15 is 0 Å². The SMILES string of the molecule is Cn1cc(O)c(=O)cc1CNC(=O)c1ccc(C#Cc2ccccc2)cc1. The Hall–Kier alpha value is -3.78. The quantitative estimate of drug-likeness (QED) is 0.707. The van der Waals surface area contributed by atoms with Crippen molar-refractivity contribution in [3.63, 3.8) is 0 Å². The van der Waals surface area contributed by atoms with Gasteiger partial charge >= 0.3 is 0 Å². The van der Waals surface area contributed by atoms with Crippen LogP contribution in [-0.2, 0) is 13.6 Å². The van der Waals surface area contributed by atoms with Gasteiger partial charge in [-0.25, -0.2) is 0 Å². The number of aromatic hydroxyl groups is 1. The van der Waals surface area contributed by atoms with Crippen molar-refractivity contribution in [1.82, 2.24) is 9.88 Å². The zero-order valence-corrected chi connectivity index (χ0v) is 14.8. The normalized spacial score (nSPS) is 9.96. The van der Waals surface area contributed by atoms with E-state index in [1.165, 1.54) is 12.3 Å². The summed E-state index contributed by atoms with van der Waals surface area (Å²) in [6.07, 6.45) is 1.32. The molecule has 0 atom stereocenters. The number of nitrogens with zero attached hydrogens (tertiary/aromatic N) is 1. The summed E-state index contributed by atoms with van der Waals surface area (Å²) in [5.74, 6) is 5.56. The Balaban J connectivity index is 1.65. The Labute approximate surface area is 156 Å². The molecule has 3 rings (SSSR count). The van der Waals surface area contributed by atoms with Gasteiger partial charge in [0.15, 0.2) is 5.75 Å². The van der Waals surface area contributed by atoms with Crippen LogP contribution in [-0.4, -0.2) is 15.6 Å². The van der Waals surface area contributed by atoms with Gasteiger partial charge in [-0.1, -0.05) is 30.0 Å². The van der Waals surface area contributed by atoms with Crippen LogP contribution in [0.1, 0.15) is 27.2 Å².